The van der Waals surface area contributed by atoms with Crippen LogP contribution in [0.3, 0.4) is 0 Å². The van der Waals surface area contributed by atoms with Gasteiger partial charge in [-0.15, -0.1) is 0 Å². The number of ketones is 1. The number of nitrogens with zero attached hydrogens (tertiary/aromatic N) is 1. The molecular formula is C15H18N2O. The van der Waals surface area contributed by atoms with Crippen molar-refractivity contribution in [2.24, 2.45) is 0 Å². The molecule has 0 amide bonds. The molecule has 0 aliphatic carbocycles. The summed E-state index contributed by atoms with van der Waals surface area (Å²) in [6.07, 6.45) is 0. The van der Waals surface area contributed by atoms with Crippen LogP contribution in [0, 0.1) is 6.92 Å². The lowest BCUT2D eigenvalue weighted by atomic mass is 10.0. The van der Waals surface area contributed by atoms with E-state index < -0.39 is 0 Å². The Morgan fingerprint density at radius 2 is 1.83 bits per heavy atom. The molecule has 94 valence electrons. The van der Waals surface area contributed by atoms with Gasteiger partial charge in [-0.3, -0.25) is 4.79 Å². The normalized spacial score (nSPS) is 10.9. The zero-order chi connectivity index (χ0) is 13.3. The summed E-state index contributed by atoms with van der Waals surface area (Å²) >= 11 is 0. The molecule has 0 aliphatic heterocycles. The van der Waals surface area contributed by atoms with Crippen LogP contribution >= 0.6 is 0 Å². The van der Waals surface area contributed by atoms with Crippen molar-refractivity contribution in [2.45, 2.75) is 33.6 Å². The molecule has 0 atom stereocenters. The van der Waals surface area contributed by atoms with Gasteiger partial charge in [0.1, 0.15) is 0 Å². The van der Waals surface area contributed by atoms with Crippen molar-refractivity contribution in [1.29, 1.82) is 0 Å². The maximum absolute atomic E-state index is 11.3. The highest BCUT2D eigenvalue weighted by molar-refractivity contribution is 5.91. The standard InChI is InChI=1S/C15H18N2O/c1-9(2)12-5-7-13(8-6-12)14-10(3)16-15(17-14)11(4)18/h5-9H,1-4H3,(H,16,17). The summed E-state index contributed by atoms with van der Waals surface area (Å²) in [5, 5.41) is 0. The second-order valence-electron chi connectivity index (χ2n) is 4.89. The molecule has 0 radical (unpaired) electrons. The molecule has 0 saturated heterocycles. The number of carbonyl (C=O) groups excluding carboxylic acids is 1. The van der Waals surface area contributed by atoms with Crippen LogP contribution in [0.1, 0.15) is 48.6 Å². The first-order valence-corrected chi connectivity index (χ1v) is 6.17. The molecule has 0 saturated carbocycles. The number of aryl methyl sites for hydroxylation is 1. The molecular weight excluding hydrogens is 224 g/mol. The van der Waals surface area contributed by atoms with Crippen molar-refractivity contribution >= 4 is 5.78 Å². The first kappa shape index (κ1) is 12.6. The molecule has 3 nitrogen and oxygen atoms in total. The number of hydrogen-bond acceptors (Lipinski definition) is 2. The summed E-state index contributed by atoms with van der Waals surface area (Å²) in [4.78, 5) is 18.7. The van der Waals surface area contributed by atoms with E-state index in [2.05, 4.69) is 48.1 Å². The quantitative estimate of drug-likeness (QED) is 0.834. The lowest BCUT2D eigenvalue weighted by Crippen LogP contribution is -1.94. The van der Waals surface area contributed by atoms with Crippen LogP contribution in [0.2, 0.25) is 0 Å². The van der Waals surface area contributed by atoms with E-state index in [1.807, 2.05) is 6.92 Å². The molecule has 1 N–H and O–H groups in total. The monoisotopic (exact) mass is 242 g/mol. The van der Waals surface area contributed by atoms with E-state index in [-0.39, 0.29) is 5.78 Å². The number of rotatable bonds is 3. The van der Waals surface area contributed by atoms with Crippen LogP contribution < -0.4 is 0 Å². The van der Waals surface area contributed by atoms with Gasteiger partial charge in [-0.1, -0.05) is 38.1 Å². The predicted molar refractivity (Wildman–Crippen MR) is 72.9 cm³/mol. The third-order valence-electron chi connectivity index (χ3n) is 3.07. The van der Waals surface area contributed by atoms with Gasteiger partial charge in [0.15, 0.2) is 11.6 Å². The van der Waals surface area contributed by atoms with Gasteiger partial charge in [0.25, 0.3) is 0 Å². The number of hydrogen-bond donors (Lipinski definition) is 1. The average molecular weight is 242 g/mol. The Bertz CT molecular complexity index is 565. The Labute approximate surface area is 107 Å². The molecule has 2 aromatic rings. The molecule has 3 heteroatoms. The maximum atomic E-state index is 11.3. The number of carbonyl (C=O) groups is 1. The van der Waals surface area contributed by atoms with Crippen molar-refractivity contribution in [2.75, 3.05) is 0 Å². The fourth-order valence-corrected chi connectivity index (χ4v) is 1.93. The van der Waals surface area contributed by atoms with Gasteiger partial charge in [0, 0.05) is 18.2 Å². The predicted octanol–water partition coefficient (Wildman–Crippen LogP) is 3.71. The molecule has 0 unspecified atom stereocenters. The molecule has 1 aromatic carbocycles. The van der Waals surface area contributed by atoms with E-state index in [4.69, 9.17) is 0 Å². The van der Waals surface area contributed by atoms with Crippen LogP contribution in [0.15, 0.2) is 24.3 Å². The highest BCUT2D eigenvalue weighted by Gasteiger charge is 2.11. The van der Waals surface area contributed by atoms with Crippen molar-refractivity contribution < 1.29 is 4.79 Å². The fourth-order valence-electron chi connectivity index (χ4n) is 1.93. The lowest BCUT2D eigenvalue weighted by molar-refractivity contribution is 0.100. The molecule has 1 heterocycles. The lowest BCUT2D eigenvalue weighted by Gasteiger charge is -2.05. The molecule has 0 aliphatic rings. The number of Topliss-reactive ketones (excluding diaryl/α,β-unsaturated/α-hetero) is 1. The first-order valence-electron chi connectivity index (χ1n) is 6.17. The number of nitrogens with one attached hydrogen (secondary N) is 1. The van der Waals surface area contributed by atoms with Crippen molar-refractivity contribution in [1.82, 2.24) is 9.97 Å². The number of H-pyrrole nitrogens is 1. The van der Waals surface area contributed by atoms with Crippen LogP contribution in [-0.4, -0.2) is 15.8 Å². The second-order valence-corrected chi connectivity index (χ2v) is 4.89. The SMILES string of the molecule is CC(=O)c1nc(-c2ccc(C(C)C)cc2)c(C)[nH]1. The van der Waals surface area contributed by atoms with Crippen LogP contribution in [0.4, 0.5) is 0 Å². The summed E-state index contributed by atoms with van der Waals surface area (Å²) in [5.41, 5.74) is 4.13. The highest BCUT2D eigenvalue weighted by Crippen LogP contribution is 2.23. The van der Waals surface area contributed by atoms with Gasteiger partial charge in [-0.2, -0.15) is 0 Å². The van der Waals surface area contributed by atoms with Crippen molar-refractivity contribution in [3.05, 3.63) is 41.3 Å². The summed E-state index contributed by atoms with van der Waals surface area (Å²) < 4.78 is 0. The van der Waals surface area contributed by atoms with Crippen molar-refractivity contribution in [3.8, 4) is 11.3 Å². The molecule has 0 fully saturated rings. The van der Waals surface area contributed by atoms with E-state index in [9.17, 15) is 4.79 Å². The summed E-state index contributed by atoms with van der Waals surface area (Å²) in [7, 11) is 0. The smallest absolute Gasteiger partial charge is 0.195 e. The minimum Gasteiger partial charge on any atom is -0.339 e. The fraction of sp³-hybridized carbons (Fsp3) is 0.333. The Balaban J connectivity index is 2.39. The van der Waals surface area contributed by atoms with Gasteiger partial charge >= 0.3 is 0 Å². The van der Waals surface area contributed by atoms with E-state index in [1.165, 1.54) is 12.5 Å². The number of aromatic nitrogens is 2. The largest absolute Gasteiger partial charge is 0.339 e. The number of imidazole rings is 1. The number of benzene rings is 1. The van der Waals surface area contributed by atoms with Crippen molar-refractivity contribution in [3.63, 3.8) is 0 Å². The van der Waals surface area contributed by atoms with Crippen LogP contribution in [0.5, 0.6) is 0 Å². The summed E-state index contributed by atoms with van der Waals surface area (Å²) in [6, 6.07) is 8.34. The molecule has 0 bridgehead atoms. The topological polar surface area (TPSA) is 45.8 Å². The Hall–Kier alpha value is -1.90. The summed E-state index contributed by atoms with van der Waals surface area (Å²) in [6.45, 7) is 7.79. The Morgan fingerprint density at radius 3 is 2.28 bits per heavy atom. The van der Waals surface area contributed by atoms with E-state index in [0.717, 1.165) is 17.0 Å². The van der Waals surface area contributed by atoms with E-state index >= 15 is 0 Å². The third-order valence-corrected chi connectivity index (χ3v) is 3.07. The van der Waals surface area contributed by atoms with Gasteiger partial charge in [-0.05, 0) is 18.4 Å². The zero-order valence-corrected chi connectivity index (χ0v) is 11.2. The van der Waals surface area contributed by atoms with Gasteiger partial charge in [-0.25, -0.2) is 4.98 Å². The molecule has 2 rings (SSSR count). The molecule has 18 heavy (non-hydrogen) atoms. The highest BCUT2D eigenvalue weighted by atomic mass is 16.1. The third kappa shape index (κ3) is 2.35. The average Bonchev–Trinajstić information content (AvgIpc) is 2.71. The zero-order valence-electron chi connectivity index (χ0n) is 11.2. The minimum absolute atomic E-state index is 0.0387. The summed E-state index contributed by atoms with van der Waals surface area (Å²) in [5.74, 6) is 0.908. The number of aromatic amines is 1. The van der Waals surface area contributed by atoms with Gasteiger partial charge in [0.05, 0.1) is 5.69 Å². The van der Waals surface area contributed by atoms with E-state index in [1.54, 1.807) is 0 Å². The van der Waals surface area contributed by atoms with Gasteiger partial charge in [0.2, 0.25) is 0 Å². The Kier molecular flexibility index (Phi) is 3.32. The first-order chi connectivity index (χ1) is 8.49. The molecule has 0 spiro atoms. The van der Waals surface area contributed by atoms with Gasteiger partial charge < -0.3 is 4.98 Å². The van der Waals surface area contributed by atoms with Crippen LogP contribution in [-0.2, 0) is 0 Å². The van der Waals surface area contributed by atoms with E-state index in [0.29, 0.717) is 11.7 Å². The van der Waals surface area contributed by atoms with Crippen LogP contribution in [0.25, 0.3) is 11.3 Å². The Morgan fingerprint density at radius 1 is 1.22 bits per heavy atom. The minimum atomic E-state index is -0.0387. The second kappa shape index (κ2) is 4.77. The maximum Gasteiger partial charge on any atom is 0.195 e. The molecule has 1 aromatic heterocycles.